The van der Waals surface area contributed by atoms with Crippen molar-refractivity contribution < 1.29 is 5.11 Å². The van der Waals surface area contributed by atoms with Gasteiger partial charge in [0.1, 0.15) is 5.15 Å². The highest BCUT2D eigenvalue weighted by atomic mass is 35.5. The van der Waals surface area contributed by atoms with Gasteiger partial charge in [0.05, 0.1) is 16.7 Å². The molecule has 0 aliphatic carbocycles. The number of benzene rings is 1. The van der Waals surface area contributed by atoms with Gasteiger partial charge in [0.25, 0.3) is 0 Å². The van der Waals surface area contributed by atoms with Gasteiger partial charge in [-0.25, -0.2) is 4.98 Å². The number of rotatable bonds is 2. The van der Waals surface area contributed by atoms with Gasteiger partial charge in [-0.1, -0.05) is 46.4 Å². The largest absolute Gasteiger partial charge is 0.392 e. The van der Waals surface area contributed by atoms with Gasteiger partial charge in [-0.05, 0) is 23.8 Å². The van der Waals surface area contributed by atoms with E-state index in [9.17, 15) is 5.11 Å². The number of nitrogens with zero attached hydrogens (tertiary/aromatic N) is 1. The molecule has 1 aromatic carbocycles. The molecular formula is C12H7Cl4NO. The first-order chi connectivity index (χ1) is 8.52. The van der Waals surface area contributed by atoms with Gasteiger partial charge in [-0.3, -0.25) is 0 Å². The lowest BCUT2D eigenvalue weighted by Crippen LogP contribution is -1.93. The summed E-state index contributed by atoms with van der Waals surface area (Å²) in [5.74, 6) is 0. The van der Waals surface area contributed by atoms with E-state index in [1.807, 2.05) is 0 Å². The van der Waals surface area contributed by atoms with Crippen molar-refractivity contribution in [2.75, 3.05) is 0 Å². The summed E-state index contributed by atoms with van der Waals surface area (Å²) in [7, 11) is 0. The average molecular weight is 323 g/mol. The zero-order valence-corrected chi connectivity index (χ0v) is 11.9. The van der Waals surface area contributed by atoms with Crippen LogP contribution >= 0.6 is 46.4 Å². The highest BCUT2D eigenvalue weighted by molar-refractivity contribution is 6.41. The number of aliphatic hydroxyl groups excluding tert-OH is 1. The third kappa shape index (κ3) is 2.73. The Bertz CT molecular complexity index is 578. The molecule has 0 fully saturated rings. The molecule has 0 saturated heterocycles. The third-order valence-corrected chi connectivity index (χ3v) is 3.42. The molecule has 2 nitrogen and oxygen atoms in total. The maximum Gasteiger partial charge on any atom is 0.129 e. The molecule has 0 atom stereocenters. The summed E-state index contributed by atoms with van der Waals surface area (Å²) < 4.78 is 0. The van der Waals surface area contributed by atoms with Crippen molar-refractivity contribution in [3.05, 3.63) is 50.2 Å². The van der Waals surface area contributed by atoms with E-state index >= 15 is 0 Å². The van der Waals surface area contributed by atoms with Gasteiger partial charge in [0.15, 0.2) is 0 Å². The Kier molecular flexibility index (Phi) is 4.36. The fourth-order valence-corrected chi connectivity index (χ4v) is 2.82. The van der Waals surface area contributed by atoms with Gasteiger partial charge in [0, 0.05) is 22.3 Å². The van der Waals surface area contributed by atoms with E-state index in [2.05, 4.69) is 4.98 Å². The maximum absolute atomic E-state index is 9.34. The van der Waals surface area contributed by atoms with E-state index in [-0.39, 0.29) is 6.61 Å². The molecule has 0 unspecified atom stereocenters. The predicted molar refractivity (Wildman–Crippen MR) is 75.6 cm³/mol. The molecule has 0 saturated carbocycles. The van der Waals surface area contributed by atoms with Gasteiger partial charge in [0.2, 0.25) is 0 Å². The van der Waals surface area contributed by atoms with Crippen LogP contribution in [0.2, 0.25) is 20.2 Å². The van der Waals surface area contributed by atoms with Crippen LogP contribution in [-0.2, 0) is 6.61 Å². The van der Waals surface area contributed by atoms with Crippen molar-refractivity contribution in [3.8, 4) is 11.1 Å². The van der Waals surface area contributed by atoms with Crippen molar-refractivity contribution in [1.82, 2.24) is 4.98 Å². The molecular weight excluding hydrogens is 316 g/mol. The smallest absolute Gasteiger partial charge is 0.129 e. The summed E-state index contributed by atoms with van der Waals surface area (Å²) in [4.78, 5) is 3.97. The van der Waals surface area contributed by atoms with Gasteiger partial charge < -0.3 is 5.11 Å². The summed E-state index contributed by atoms with van der Waals surface area (Å²) >= 11 is 23.9. The monoisotopic (exact) mass is 321 g/mol. The van der Waals surface area contributed by atoms with Crippen LogP contribution in [0.15, 0.2) is 24.4 Å². The minimum Gasteiger partial charge on any atom is -0.392 e. The van der Waals surface area contributed by atoms with Crippen molar-refractivity contribution in [1.29, 1.82) is 0 Å². The van der Waals surface area contributed by atoms with Gasteiger partial charge >= 0.3 is 0 Å². The normalized spacial score (nSPS) is 10.7. The highest BCUT2D eigenvalue weighted by Gasteiger charge is 2.14. The molecule has 2 rings (SSSR count). The van der Waals surface area contributed by atoms with E-state index < -0.39 is 0 Å². The third-order valence-electron chi connectivity index (χ3n) is 2.40. The lowest BCUT2D eigenvalue weighted by molar-refractivity contribution is 0.282. The zero-order valence-electron chi connectivity index (χ0n) is 8.92. The lowest BCUT2D eigenvalue weighted by atomic mass is 10.0. The first-order valence-electron chi connectivity index (χ1n) is 4.93. The number of hydrogen-bond acceptors (Lipinski definition) is 2. The Morgan fingerprint density at radius 3 is 2.17 bits per heavy atom. The average Bonchev–Trinajstić information content (AvgIpc) is 2.29. The van der Waals surface area contributed by atoms with Crippen LogP contribution in [-0.4, -0.2) is 10.1 Å². The SMILES string of the molecule is OCc1cc(Cl)ncc1-c1c(Cl)cc(Cl)cc1Cl. The quantitative estimate of drug-likeness (QED) is 0.801. The summed E-state index contributed by atoms with van der Waals surface area (Å²) in [6, 6.07) is 4.73. The van der Waals surface area contributed by atoms with E-state index in [0.717, 1.165) is 0 Å². The second-order valence-electron chi connectivity index (χ2n) is 3.57. The molecule has 1 N–H and O–H groups in total. The second kappa shape index (κ2) is 5.64. The first kappa shape index (κ1) is 13.9. The fourth-order valence-electron chi connectivity index (χ4n) is 1.62. The zero-order chi connectivity index (χ0) is 13.3. The second-order valence-corrected chi connectivity index (χ2v) is 5.20. The van der Waals surface area contributed by atoms with Crippen LogP contribution in [0.25, 0.3) is 11.1 Å². The van der Waals surface area contributed by atoms with Crippen LogP contribution < -0.4 is 0 Å². The van der Waals surface area contributed by atoms with Crippen molar-refractivity contribution in [2.45, 2.75) is 6.61 Å². The minimum absolute atomic E-state index is 0.188. The van der Waals surface area contributed by atoms with Crippen molar-refractivity contribution in [3.63, 3.8) is 0 Å². The van der Waals surface area contributed by atoms with Crippen LogP contribution in [0.5, 0.6) is 0 Å². The standard InChI is InChI=1S/C12H7Cl4NO/c13-7-2-9(14)12(10(15)3-7)8-4-17-11(16)1-6(8)5-18/h1-4,18H,5H2. The molecule has 94 valence electrons. The number of hydrogen-bond donors (Lipinski definition) is 1. The van der Waals surface area contributed by atoms with Crippen LogP contribution in [0.1, 0.15) is 5.56 Å². The molecule has 1 aromatic heterocycles. The van der Waals surface area contributed by atoms with Gasteiger partial charge in [-0.15, -0.1) is 0 Å². The minimum atomic E-state index is -0.188. The number of halogens is 4. The number of aliphatic hydroxyl groups is 1. The number of aromatic nitrogens is 1. The molecule has 0 spiro atoms. The van der Waals surface area contributed by atoms with Gasteiger partial charge in [-0.2, -0.15) is 0 Å². The molecule has 0 aliphatic heterocycles. The molecule has 0 bridgehead atoms. The molecule has 6 heteroatoms. The Morgan fingerprint density at radius 1 is 1.00 bits per heavy atom. The first-order valence-corrected chi connectivity index (χ1v) is 6.44. The molecule has 1 heterocycles. The highest BCUT2D eigenvalue weighted by Crippen LogP contribution is 2.38. The predicted octanol–water partition coefficient (Wildman–Crippen LogP) is 4.85. The van der Waals surface area contributed by atoms with Crippen molar-refractivity contribution in [2.24, 2.45) is 0 Å². The van der Waals surface area contributed by atoms with Crippen LogP contribution in [0.4, 0.5) is 0 Å². The topological polar surface area (TPSA) is 33.1 Å². The summed E-state index contributed by atoms with van der Waals surface area (Å²) in [6.07, 6.45) is 1.52. The maximum atomic E-state index is 9.34. The van der Waals surface area contributed by atoms with E-state index in [4.69, 9.17) is 46.4 Å². The van der Waals surface area contributed by atoms with E-state index in [0.29, 0.717) is 36.9 Å². The molecule has 0 radical (unpaired) electrons. The van der Waals surface area contributed by atoms with Crippen LogP contribution in [0.3, 0.4) is 0 Å². The lowest BCUT2D eigenvalue weighted by Gasteiger charge is -2.11. The summed E-state index contributed by atoms with van der Waals surface area (Å²) in [6.45, 7) is -0.188. The Balaban J connectivity index is 2.69. The molecule has 0 amide bonds. The van der Waals surface area contributed by atoms with Crippen LogP contribution in [0, 0.1) is 0 Å². The Hall–Kier alpha value is -0.510. The Labute approximate surface area is 124 Å². The van der Waals surface area contributed by atoms with E-state index in [1.54, 1.807) is 18.2 Å². The fraction of sp³-hybridized carbons (Fsp3) is 0.0833. The summed E-state index contributed by atoms with van der Waals surface area (Å²) in [5, 5.41) is 10.9. The van der Waals surface area contributed by atoms with Crippen molar-refractivity contribution >= 4 is 46.4 Å². The molecule has 0 aliphatic rings. The Morgan fingerprint density at radius 2 is 1.61 bits per heavy atom. The molecule has 18 heavy (non-hydrogen) atoms. The number of pyridine rings is 1. The molecule has 2 aromatic rings. The summed E-state index contributed by atoms with van der Waals surface area (Å²) in [5.41, 5.74) is 1.81. The van der Waals surface area contributed by atoms with E-state index in [1.165, 1.54) is 6.20 Å².